The van der Waals surface area contributed by atoms with Crippen molar-refractivity contribution in [2.45, 2.75) is 10.8 Å². The van der Waals surface area contributed by atoms with Gasteiger partial charge in [0, 0.05) is 58.9 Å². The number of para-hydroxylation sites is 1. The molecule has 2 unspecified atom stereocenters. The lowest BCUT2D eigenvalue weighted by Gasteiger charge is -2.33. The lowest BCUT2D eigenvalue weighted by molar-refractivity contribution is 0.591. The van der Waals surface area contributed by atoms with Crippen LogP contribution in [0.3, 0.4) is 0 Å². The highest BCUT2D eigenvalue weighted by molar-refractivity contribution is 7.85. The third kappa shape index (κ3) is 9.19. The topological polar surface area (TPSA) is 60.4 Å². The van der Waals surface area contributed by atoms with Crippen molar-refractivity contribution in [2.24, 2.45) is 0 Å². The van der Waals surface area contributed by atoms with Gasteiger partial charge in [-0.25, -0.2) is 0 Å². The van der Waals surface area contributed by atoms with Gasteiger partial charge in [0.25, 0.3) is 0 Å². The van der Waals surface area contributed by atoms with E-state index < -0.39 is 25.1 Å². The van der Waals surface area contributed by atoms with Crippen LogP contribution in [0.5, 0.6) is 0 Å². The van der Waals surface area contributed by atoms with Crippen molar-refractivity contribution in [3.05, 3.63) is 433 Å². The van der Waals surface area contributed by atoms with E-state index in [1.807, 2.05) is 109 Å². The van der Waals surface area contributed by atoms with E-state index in [1.54, 1.807) is 0 Å². The fraction of sp³-hybridized carbons (Fsp3) is 0.0204. The molecule has 2 aromatic heterocycles. The number of rotatable bonds is 13. The van der Waals surface area contributed by atoms with Gasteiger partial charge >= 0.3 is 0 Å². The van der Waals surface area contributed by atoms with Crippen LogP contribution in [0, 0.1) is 0 Å². The Hall–Kier alpha value is -12.4. The average molecular weight is 1370 g/mol. The Labute approximate surface area is 603 Å². The fourth-order valence-electron chi connectivity index (χ4n) is 17.5. The van der Waals surface area contributed by atoms with E-state index in [-0.39, 0.29) is 0 Å². The van der Waals surface area contributed by atoms with E-state index in [2.05, 4.69) is 279 Å². The molecule has 0 aliphatic heterocycles. The van der Waals surface area contributed by atoms with Crippen LogP contribution in [0.1, 0.15) is 44.5 Å². The van der Waals surface area contributed by atoms with E-state index in [0.29, 0.717) is 5.30 Å². The molecule has 6 heteroatoms. The highest BCUT2D eigenvalue weighted by atomic mass is 31.2. The maximum absolute atomic E-state index is 16.4. The highest BCUT2D eigenvalue weighted by Crippen LogP contribution is 2.60. The van der Waals surface area contributed by atoms with Crippen LogP contribution < -0.4 is 31.8 Å². The van der Waals surface area contributed by atoms with Gasteiger partial charge in [-0.05, 0) is 137 Å². The number of hydrogen-bond acceptors (Lipinski definition) is 4. The Morgan fingerprint density at radius 1 is 0.202 bits per heavy atom. The molecule has 0 fully saturated rings. The van der Waals surface area contributed by atoms with E-state index >= 15 is 9.13 Å². The van der Waals surface area contributed by atoms with E-state index in [9.17, 15) is 0 Å². The summed E-state index contributed by atoms with van der Waals surface area (Å²) in [4.78, 5) is 0. The third-order valence-electron chi connectivity index (χ3n) is 22.2. The minimum Gasteiger partial charge on any atom is -0.456 e. The van der Waals surface area contributed by atoms with Gasteiger partial charge in [0.15, 0.2) is 14.3 Å². The van der Waals surface area contributed by atoms with Gasteiger partial charge < -0.3 is 18.0 Å². The van der Waals surface area contributed by atoms with Gasteiger partial charge in [-0.1, -0.05) is 346 Å². The van der Waals surface area contributed by atoms with Crippen molar-refractivity contribution in [3.8, 4) is 55.6 Å². The van der Waals surface area contributed by atoms with E-state index in [4.69, 9.17) is 8.83 Å². The maximum Gasteiger partial charge on any atom is 0.171 e. The summed E-state index contributed by atoms with van der Waals surface area (Å²) in [6, 6.07) is 136. The van der Waals surface area contributed by atoms with Crippen LogP contribution in [0.15, 0.2) is 397 Å². The van der Waals surface area contributed by atoms with Gasteiger partial charge in [-0.3, -0.25) is 0 Å². The first kappa shape index (κ1) is 61.4. The van der Waals surface area contributed by atoms with Crippen molar-refractivity contribution in [1.82, 2.24) is 0 Å². The predicted molar refractivity (Wildman–Crippen MR) is 431 cm³/mol. The molecule has 0 saturated carbocycles. The van der Waals surface area contributed by atoms with E-state index in [1.165, 1.54) is 66.8 Å². The maximum atomic E-state index is 16.4. The number of hydrogen-bond donors (Lipinski definition) is 0. The molecular formula is C98H64O4P2. The Morgan fingerprint density at radius 2 is 0.548 bits per heavy atom. The summed E-state index contributed by atoms with van der Waals surface area (Å²) in [6.45, 7) is 0. The van der Waals surface area contributed by atoms with Crippen molar-refractivity contribution in [1.29, 1.82) is 0 Å². The molecule has 490 valence electrons. The molecule has 2 aliphatic carbocycles. The molecule has 18 aromatic rings. The second kappa shape index (κ2) is 24.1. The van der Waals surface area contributed by atoms with Gasteiger partial charge in [0.2, 0.25) is 0 Å². The van der Waals surface area contributed by atoms with Gasteiger partial charge in [0.05, 0.1) is 10.8 Å². The number of benzene rings is 16. The summed E-state index contributed by atoms with van der Waals surface area (Å²) < 4.78 is 46.6. The molecule has 0 spiro atoms. The van der Waals surface area contributed by atoms with Crippen LogP contribution >= 0.6 is 14.3 Å². The summed E-state index contributed by atoms with van der Waals surface area (Å²) in [6.07, 6.45) is 0. The van der Waals surface area contributed by atoms with Gasteiger partial charge in [-0.15, -0.1) is 0 Å². The molecular weight excluding hydrogens is 1300 g/mol. The number of furan rings is 2. The zero-order chi connectivity index (χ0) is 69.1. The summed E-state index contributed by atoms with van der Waals surface area (Å²) in [7, 11) is -6.90. The van der Waals surface area contributed by atoms with Gasteiger partial charge in [-0.2, -0.15) is 0 Å². The molecule has 4 nitrogen and oxygen atoms in total. The molecule has 2 atom stereocenters. The van der Waals surface area contributed by atoms with Crippen molar-refractivity contribution < 1.29 is 18.0 Å². The van der Waals surface area contributed by atoms with Crippen molar-refractivity contribution in [3.63, 3.8) is 0 Å². The first-order chi connectivity index (χ1) is 51.3. The van der Waals surface area contributed by atoms with Crippen LogP contribution in [0.2, 0.25) is 0 Å². The lowest BCUT2D eigenvalue weighted by Crippen LogP contribution is -2.28. The summed E-state index contributed by atoms with van der Waals surface area (Å²) >= 11 is 0. The summed E-state index contributed by atoms with van der Waals surface area (Å²) in [5.41, 5.74) is 22.6. The van der Waals surface area contributed by atoms with E-state index in [0.717, 1.165) is 104 Å². The highest BCUT2D eigenvalue weighted by Gasteiger charge is 2.48. The molecule has 16 aromatic carbocycles. The minimum atomic E-state index is -3.46. The second-order valence-corrected chi connectivity index (χ2v) is 33.1. The molecule has 0 amide bonds. The third-order valence-corrected chi connectivity index (χ3v) is 28.4. The van der Waals surface area contributed by atoms with Crippen molar-refractivity contribution >= 4 is 90.0 Å². The minimum absolute atomic E-state index is 0.535. The molecule has 0 saturated heterocycles. The molecule has 20 rings (SSSR count). The van der Waals surface area contributed by atoms with Gasteiger partial charge in [0.1, 0.15) is 22.3 Å². The fourth-order valence-corrected chi connectivity index (χ4v) is 22.8. The quantitative estimate of drug-likeness (QED) is 0.108. The smallest absolute Gasteiger partial charge is 0.171 e. The normalized spacial score (nSPS) is 14.3. The Kier molecular flexibility index (Phi) is 14.3. The van der Waals surface area contributed by atoms with Crippen LogP contribution in [-0.4, -0.2) is 0 Å². The second-order valence-electron chi connectivity index (χ2n) is 27.5. The van der Waals surface area contributed by atoms with Crippen molar-refractivity contribution in [2.75, 3.05) is 0 Å². The van der Waals surface area contributed by atoms with Crippen LogP contribution in [0.4, 0.5) is 0 Å². The molecule has 0 bridgehead atoms. The summed E-state index contributed by atoms with van der Waals surface area (Å²) in [5, 5.41) is 8.58. The largest absolute Gasteiger partial charge is 0.456 e. The first-order valence-electron chi connectivity index (χ1n) is 35.5. The molecule has 104 heavy (non-hydrogen) atoms. The first-order valence-corrected chi connectivity index (χ1v) is 38.9. The average Bonchev–Trinajstić information content (AvgIpc) is 1.53. The summed E-state index contributed by atoms with van der Waals surface area (Å²) in [5.74, 6) is 0. The Balaban J connectivity index is 0.618. The zero-order valence-corrected chi connectivity index (χ0v) is 58.3. The predicted octanol–water partition coefficient (Wildman–Crippen LogP) is 22.5. The standard InChI is InChI=1S/C98H64O4P2/c99-103(74-34-15-5-16-35-74,77-56-49-67(50-57-77)80-41-24-42-83-87-61-84-81-39-19-21-43-89(81)98(72-30-11-3-12-31-72,73-32-13-4-14-33-73)92(84)64-95(87)102-96(80)83)76-52-45-65(46-53-76)68-25-23-38-79(59-68)104(100,75-36-17-6-18-37-75)78-54-47-66(48-55-78)69-51-58-93-86(60-69)88-62-85-82-40-20-22-44-90(82)97(70-26-7-1-8-27-70,71-28-9-2-10-29-71)91(85)63-94(88)101-93/h1-64H. The van der Waals surface area contributed by atoms with Crippen LogP contribution in [-0.2, 0) is 20.0 Å². The van der Waals surface area contributed by atoms with Crippen LogP contribution in [0.25, 0.3) is 99.5 Å². The monoisotopic (exact) mass is 1370 g/mol. The molecule has 0 radical (unpaired) electrons. The lowest BCUT2D eigenvalue weighted by atomic mass is 9.67. The number of fused-ring (bicyclic) bond motifs is 12. The Morgan fingerprint density at radius 3 is 1.03 bits per heavy atom. The molecule has 2 aliphatic rings. The zero-order valence-electron chi connectivity index (χ0n) is 56.5. The molecule has 2 heterocycles. The molecule has 0 N–H and O–H groups in total. The Bertz CT molecular complexity index is 6410. The SMILES string of the molecule is O=P(c1ccccc1)(c1ccc(-c2cccc(P(=O)(c3ccccc3)c3ccc(-c4ccc5oc6cc7c(cc6c5c4)-c4ccccc4C7(c4ccccc4)c4ccccc4)cc3)c2)cc1)c1ccc(-c2cccc3c2oc2cc4c(cc23)-c2ccccc2C4(c2ccccc2)c2ccccc2)cc1.